The lowest BCUT2D eigenvalue weighted by atomic mass is 9.75. The Hall–Kier alpha value is -1.42. The molecule has 0 saturated heterocycles. The van der Waals surface area contributed by atoms with Gasteiger partial charge in [-0.3, -0.25) is 9.36 Å². The maximum atomic E-state index is 14.5. The van der Waals surface area contributed by atoms with Gasteiger partial charge in [-0.15, -0.1) is 0 Å². The molecule has 1 aromatic carbocycles. The summed E-state index contributed by atoms with van der Waals surface area (Å²) in [7, 11) is 0.837. The standard InChI is InChI=1S/C31H49O5P/c1-29(2,3)25-20-22(28(34-7)26(21-25)30(4,5)6)18-19-27(32)31(23-14-10-11-15-23,24-16-12-13-17-24)37(33,35-8)36-9/h18-21,23-24H,10-17H2,1-9H3/b19-18+. The molecule has 0 aromatic heterocycles. The van der Waals surface area contributed by atoms with Crippen molar-refractivity contribution in [3.05, 3.63) is 34.9 Å². The molecule has 2 aliphatic carbocycles. The number of hydrogen-bond acceptors (Lipinski definition) is 5. The minimum absolute atomic E-state index is 0.00794. The van der Waals surface area contributed by atoms with Gasteiger partial charge < -0.3 is 13.8 Å². The van der Waals surface area contributed by atoms with Crippen molar-refractivity contribution in [2.45, 2.75) is 109 Å². The fourth-order valence-electron chi connectivity index (χ4n) is 6.72. The van der Waals surface area contributed by atoms with E-state index in [1.165, 1.54) is 19.8 Å². The van der Waals surface area contributed by atoms with Crippen LogP contribution in [0.4, 0.5) is 0 Å². The second kappa shape index (κ2) is 11.4. The van der Waals surface area contributed by atoms with Crippen LogP contribution in [0.1, 0.15) is 110 Å². The maximum Gasteiger partial charge on any atom is 0.344 e. The summed E-state index contributed by atoms with van der Waals surface area (Å²) in [5.41, 5.74) is 2.94. The van der Waals surface area contributed by atoms with Gasteiger partial charge in [-0.2, -0.15) is 0 Å². The van der Waals surface area contributed by atoms with Gasteiger partial charge in [-0.1, -0.05) is 73.3 Å². The van der Waals surface area contributed by atoms with E-state index in [1.807, 2.05) is 6.08 Å². The third-order valence-electron chi connectivity index (χ3n) is 8.69. The number of methoxy groups -OCH3 is 1. The molecule has 2 aliphatic rings. The van der Waals surface area contributed by atoms with Gasteiger partial charge in [-0.25, -0.2) is 0 Å². The number of carbonyl (C=O) groups excluding carboxylic acids is 1. The number of ketones is 1. The molecule has 0 amide bonds. The lowest BCUT2D eigenvalue weighted by molar-refractivity contribution is -0.120. The Morgan fingerprint density at radius 2 is 1.32 bits per heavy atom. The van der Waals surface area contributed by atoms with Gasteiger partial charge in [0.15, 0.2) is 5.78 Å². The summed E-state index contributed by atoms with van der Waals surface area (Å²) in [5, 5.41) is -1.15. The first kappa shape index (κ1) is 30.1. The molecule has 0 atom stereocenters. The molecular formula is C31H49O5P. The Balaban J connectivity index is 2.21. The topological polar surface area (TPSA) is 61.8 Å². The fourth-order valence-corrected chi connectivity index (χ4v) is 9.23. The quantitative estimate of drug-likeness (QED) is 0.236. The first-order chi connectivity index (χ1) is 17.3. The molecule has 5 nitrogen and oxygen atoms in total. The SMILES string of the molecule is COc1c(/C=C/C(=O)C(C2CCCC2)(C2CCCC2)P(=O)(OC)OC)cc(C(C)(C)C)cc1C(C)(C)C. The summed E-state index contributed by atoms with van der Waals surface area (Å²) < 4.78 is 31.7. The van der Waals surface area contributed by atoms with Crippen LogP contribution in [0.25, 0.3) is 6.08 Å². The van der Waals surface area contributed by atoms with Gasteiger partial charge in [0.1, 0.15) is 10.9 Å². The molecule has 2 saturated carbocycles. The van der Waals surface area contributed by atoms with E-state index in [0.29, 0.717) is 0 Å². The van der Waals surface area contributed by atoms with Crippen molar-refractivity contribution in [3.8, 4) is 5.75 Å². The average molecular weight is 533 g/mol. The fraction of sp³-hybridized carbons (Fsp3) is 0.710. The van der Waals surface area contributed by atoms with Gasteiger partial charge >= 0.3 is 7.60 Å². The highest BCUT2D eigenvalue weighted by Gasteiger charge is 2.64. The second-order valence-corrected chi connectivity index (χ2v) is 15.5. The number of hydrogen-bond donors (Lipinski definition) is 0. The minimum atomic E-state index is -3.72. The third kappa shape index (κ3) is 5.65. The molecule has 2 fully saturated rings. The van der Waals surface area contributed by atoms with E-state index >= 15 is 0 Å². The number of benzene rings is 1. The van der Waals surface area contributed by atoms with Crippen LogP contribution in [0.15, 0.2) is 18.2 Å². The molecule has 0 spiro atoms. The molecule has 6 heteroatoms. The minimum Gasteiger partial charge on any atom is -0.496 e. The molecule has 0 heterocycles. The largest absolute Gasteiger partial charge is 0.496 e. The lowest BCUT2D eigenvalue weighted by Crippen LogP contribution is -2.50. The van der Waals surface area contributed by atoms with Crippen molar-refractivity contribution in [1.29, 1.82) is 0 Å². The van der Waals surface area contributed by atoms with Crippen molar-refractivity contribution in [3.63, 3.8) is 0 Å². The molecule has 37 heavy (non-hydrogen) atoms. The zero-order valence-corrected chi connectivity index (χ0v) is 25.5. The normalized spacial score (nSPS) is 18.7. The van der Waals surface area contributed by atoms with E-state index < -0.39 is 12.8 Å². The summed E-state index contributed by atoms with van der Waals surface area (Å²) in [6, 6.07) is 4.35. The van der Waals surface area contributed by atoms with Crippen molar-refractivity contribution < 1.29 is 23.1 Å². The van der Waals surface area contributed by atoms with Crippen LogP contribution >= 0.6 is 7.60 Å². The van der Waals surface area contributed by atoms with E-state index in [0.717, 1.165) is 68.2 Å². The maximum absolute atomic E-state index is 14.5. The molecule has 208 valence electrons. The van der Waals surface area contributed by atoms with Crippen LogP contribution in [0.3, 0.4) is 0 Å². The summed E-state index contributed by atoms with van der Waals surface area (Å²) in [5.74, 6) is 0.634. The van der Waals surface area contributed by atoms with Crippen molar-refractivity contribution in [2.24, 2.45) is 11.8 Å². The molecule has 0 N–H and O–H groups in total. The molecular weight excluding hydrogens is 483 g/mol. The molecule has 0 unspecified atom stereocenters. The highest BCUT2D eigenvalue weighted by atomic mass is 31.2. The van der Waals surface area contributed by atoms with Crippen LogP contribution < -0.4 is 4.74 Å². The van der Waals surface area contributed by atoms with Crippen molar-refractivity contribution in [2.75, 3.05) is 21.3 Å². The Kier molecular flexibility index (Phi) is 9.25. The van der Waals surface area contributed by atoms with Crippen LogP contribution in [0.2, 0.25) is 0 Å². The van der Waals surface area contributed by atoms with Crippen LogP contribution in [-0.4, -0.2) is 32.3 Å². The first-order valence-corrected chi connectivity index (χ1v) is 15.5. The molecule has 0 radical (unpaired) electrons. The van der Waals surface area contributed by atoms with Gasteiger partial charge in [-0.05, 0) is 72.1 Å². The molecule has 3 rings (SSSR count). The Bertz CT molecular complexity index is 1010. The first-order valence-electron chi connectivity index (χ1n) is 13.9. The summed E-state index contributed by atoms with van der Waals surface area (Å²) in [4.78, 5) is 14.5. The van der Waals surface area contributed by atoms with Gasteiger partial charge in [0.05, 0.1) is 7.11 Å². The molecule has 0 bridgehead atoms. The predicted octanol–water partition coefficient (Wildman–Crippen LogP) is 8.48. The van der Waals surface area contributed by atoms with E-state index in [4.69, 9.17) is 13.8 Å². The van der Waals surface area contributed by atoms with Crippen molar-refractivity contribution in [1.82, 2.24) is 0 Å². The van der Waals surface area contributed by atoms with E-state index in [2.05, 4.69) is 53.7 Å². The van der Waals surface area contributed by atoms with E-state index in [-0.39, 0.29) is 28.4 Å². The van der Waals surface area contributed by atoms with Crippen molar-refractivity contribution >= 4 is 19.5 Å². The van der Waals surface area contributed by atoms with Gasteiger partial charge in [0.2, 0.25) is 0 Å². The second-order valence-electron chi connectivity index (χ2n) is 13.0. The lowest BCUT2D eigenvalue weighted by Gasteiger charge is -2.44. The van der Waals surface area contributed by atoms with Crippen LogP contribution in [0, 0.1) is 11.8 Å². The summed E-state index contributed by atoms with van der Waals surface area (Å²) >= 11 is 0. The summed E-state index contributed by atoms with van der Waals surface area (Å²) in [6.07, 6.45) is 11.2. The zero-order chi connectivity index (χ0) is 27.6. The number of rotatable bonds is 9. The van der Waals surface area contributed by atoms with Gasteiger partial charge in [0.25, 0.3) is 0 Å². The van der Waals surface area contributed by atoms with E-state index in [9.17, 15) is 9.36 Å². The highest BCUT2D eigenvalue weighted by Crippen LogP contribution is 2.69. The number of allylic oxidation sites excluding steroid dienone is 1. The molecule has 1 aromatic rings. The predicted molar refractivity (Wildman–Crippen MR) is 153 cm³/mol. The van der Waals surface area contributed by atoms with Gasteiger partial charge in [0, 0.05) is 25.3 Å². The average Bonchev–Trinajstić information content (AvgIpc) is 3.56. The Labute approximate surface area is 225 Å². The Morgan fingerprint density at radius 1 is 0.838 bits per heavy atom. The summed E-state index contributed by atoms with van der Waals surface area (Å²) in [6.45, 7) is 13.1. The molecule has 0 aliphatic heterocycles. The van der Waals surface area contributed by atoms with Crippen LogP contribution in [0.5, 0.6) is 5.75 Å². The Morgan fingerprint density at radius 3 is 1.70 bits per heavy atom. The van der Waals surface area contributed by atoms with Crippen LogP contribution in [-0.2, 0) is 29.2 Å². The number of carbonyl (C=O) groups is 1. The monoisotopic (exact) mass is 532 g/mol. The van der Waals surface area contributed by atoms with E-state index in [1.54, 1.807) is 13.2 Å². The third-order valence-corrected chi connectivity index (χ3v) is 11.5. The number of ether oxygens (including phenoxy) is 1. The highest BCUT2D eigenvalue weighted by molar-refractivity contribution is 7.57. The zero-order valence-electron chi connectivity index (χ0n) is 24.6. The smallest absolute Gasteiger partial charge is 0.344 e.